The molecule has 0 radical (unpaired) electrons. The number of thioether (sulfide) groups is 1. The Balaban J connectivity index is 0.979. The molecule has 4 aliphatic heterocycles. The molecule has 10 atom stereocenters. The van der Waals surface area contributed by atoms with Crippen molar-refractivity contribution in [1.82, 2.24) is 36.4 Å². The lowest BCUT2D eigenvalue weighted by Gasteiger charge is -2.42. The lowest BCUT2D eigenvalue weighted by atomic mass is 9.81. The monoisotopic (exact) mass is 1270 g/mol. The number of nitrogens with two attached hydrogens (primary N) is 2. The zero-order chi connectivity index (χ0) is 64.8. The van der Waals surface area contributed by atoms with Gasteiger partial charge in [0.25, 0.3) is 0 Å². The Morgan fingerprint density at radius 1 is 0.977 bits per heavy atom. The van der Waals surface area contributed by atoms with Gasteiger partial charge >= 0.3 is 12.1 Å². The van der Waals surface area contributed by atoms with E-state index in [0.717, 1.165) is 11.1 Å². The summed E-state index contributed by atoms with van der Waals surface area (Å²) in [6.45, 7) is 6.22. The maximum atomic E-state index is 14.4. The Hall–Kier alpha value is -6.85. The first kappa shape index (κ1) is 70.2. The number of amides is 10. The zero-order valence-corrected chi connectivity index (χ0v) is 52.7. The van der Waals surface area contributed by atoms with Crippen LogP contribution in [-0.2, 0) is 73.3 Å². The Bertz CT molecular complexity index is 2860. The van der Waals surface area contributed by atoms with Crippen molar-refractivity contribution in [2.45, 2.75) is 158 Å². The minimum atomic E-state index is -1.90. The van der Waals surface area contributed by atoms with Crippen molar-refractivity contribution in [1.29, 1.82) is 0 Å². The van der Waals surface area contributed by atoms with E-state index >= 15 is 0 Å². The lowest BCUT2D eigenvalue weighted by Crippen LogP contribution is -2.63. The van der Waals surface area contributed by atoms with E-state index in [1.165, 1.54) is 61.7 Å². The van der Waals surface area contributed by atoms with Crippen molar-refractivity contribution in [3.8, 4) is 5.75 Å². The number of ether oxygens (including phenoxy) is 5. The van der Waals surface area contributed by atoms with Gasteiger partial charge in [0, 0.05) is 71.1 Å². The molecule has 3 saturated heterocycles. The molecule has 0 spiro atoms. The van der Waals surface area contributed by atoms with Gasteiger partial charge in [0.05, 0.1) is 50.2 Å². The fraction of sp³-hybridized carbons (Fsp3) is 0.644. The number of fused-ring (bicyclic) bond motifs is 5. The molecule has 29 heteroatoms. The molecular formula is C59H85ClN10O17S. The van der Waals surface area contributed by atoms with Crippen LogP contribution in [0.2, 0.25) is 5.02 Å². The maximum absolute atomic E-state index is 14.4. The Morgan fingerprint density at radius 3 is 2.34 bits per heavy atom. The molecule has 3 unspecified atom stereocenters. The van der Waals surface area contributed by atoms with Gasteiger partial charge < -0.3 is 71.3 Å². The van der Waals surface area contributed by atoms with Crippen LogP contribution in [-0.4, -0.2) is 200 Å². The van der Waals surface area contributed by atoms with Crippen molar-refractivity contribution in [3.63, 3.8) is 0 Å². The molecule has 6 rings (SSSR count). The number of carbonyl (C=O) groups is 11. The number of likely N-dealkylation sites (N-methyl/N-ethyl adjacent to an activating group) is 1. The van der Waals surface area contributed by atoms with Gasteiger partial charge in [-0.1, -0.05) is 42.3 Å². The summed E-state index contributed by atoms with van der Waals surface area (Å²) in [6, 6.07) is 1.34. The van der Waals surface area contributed by atoms with E-state index in [1.807, 2.05) is 13.0 Å². The molecule has 486 valence electrons. The van der Waals surface area contributed by atoms with E-state index in [4.69, 9.17) is 46.8 Å². The molecule has 1 aromatic rings. The number of allylic oxidation sites excluding steroid dienone is 3. The second-order valence-electron chi connectivity index (χ2n) is 23.3. The number of carbonyl (C=O) groups excluding carboxylic acids is 11. The van der Waals surface area contributed by atoms with Gasteiger partial charge in [-0.05, 0) is 95.8 Å². The molecular weight excluding hydrogens is 1190 g/mol. The van der Waals surface area contributed by atoms with Gasteiger partial charge in [0.15, 0.2) is 5.72 Å². The van der Waals surface area contributed by atoms with E-state index in [0.29, 0.717) is 62.9 Å². The fourth-order valence-electron chi connectivity index (χ4n) is 11.4. The molecule has 10 N–H and O–H groups in total. The Morgan fingerprint density at radius 2 is 1.67 bits per heavy atom. The number of imide groups is 1. The van der Waals surface area contributed by atoms with Crippen LogP contribution in [0.3, 0.4) is 0 Å². The van der Waals surface area contributed by atoms with Crippen molar-refractivity contribution in [2.24, 2.45) is 29.2 Å². The number of nitrogens with zero attached hydrogens (tertiary/aromatic N) is 3. The first-order valence-electron chi connectivity index (χ1n) is 29.5. The number of unbranched alkanes of at least 4 members (excludes halogenated alkanes) is 1. The first-order valence-corrected chi connectivity index (χ1v) is 31.0. The number of methoxy groups -OCH3 is 2. The normalized spacial score (nSPS) is 28.1. The van der Waals surface area contributed by atoms with Gasteiger partial charge in [-0.3, -0.25) is 53.4 Å². The van der Waals surface area contributed by atoms with Crippen LogP contribution in [0.25, 0.3) is 0 Å². The number of aliphatic hydroxyl groups is 1. The second-order valence-corrected chi connectivity index (χ2v) is 25.0. The Kier molecular flexibility index (Phi) is 25.2. The lowest BCUT2D eigenvalue weighted by molar-refractivity contribution is -0.162. The van der Waals surface area contributed by atoms with Crippen molar-refractivity contribution in [2.75, 3.05) is 71.7 Å². The van der Waals surface area contributed by atoms with Gasteiger partial charge in [-0.25, -0.2) is 9.59 Å². The number of epoxide rings is 1. The molecule has 1 aliphatic carbocycles. The molecule has 4 fully saturated rings. The maximum Gasteiger partial charge on any atom is 0.409 e. The number of hydrogen-bond acceptors (Lipinski definition) is 19. The highest BCUT2D eigenvalue weighted by molar-refractivity contribution is 8.00. The van der Waals surface area contributed by atoms with Crippen LogP contribution in [0.4, 0.5) is 10.5 Å². The number of rotatable bonds is 24. The first-order chi connectivity index (χ1) is 41.6. The molecule has 27 nitrogen and oxygen atoms in total. The van der Waals surface area contributed by atoms with E-state index in [-0.39, 0.29) is 85.7 Å². The topological polar surface area (TPSA) is 379 Å². The van der Waals surface area contributed by atoms with E-state index in [9.17, 15) is 57.8 Å². The smallest absolute Gasteiger partial charge is 0.409 e. The average molecular weight is 1270 g/mol. The highest BCUT2D eigenvalue weighted by Crippen LogP contribution is 2.49. The summed E-state index contributed by atoms with van der Waals surface area (Å²) in [5.74, 6) is -5.62. The quantitative estimate of drug-likeness (QED) is 0.0310. The molecule has 1 aromatic carbocycles. The summed E-state index contributed by atoms with van der Waals surface area (Å²) >= 11 is 8.01. The number of anilines is 1. The Labute approximate surface area is 521 Å². The largest absolute Gasteiger partial charge is 0.495 e. The SMILES string of the molecule is COc1cc2cc(c1Cl)N(C)C(=O)C[C@H](OC(=O)[C@H](C)N(C)C(=O)CCSC1CC(=O)N(CC3CCC(C(=O)NCCCCC(NC(=O)CNC(=O)CNC(=O)CN)C(N)=O)CC3)C1=O)[C@]1(C)O[C@H]1[C@H](C)C1C[C@@](O)(NC(=O)O1)[C@H](OC)/C=C/C=C(\C)C2. The number of benzene rings is 1. The molecule has 88 heavy (non-hydrogen) atoms. The third-order valence-electron chi connectivity index (χ3n) is 17.0. The molecule has 10 amide bonds. The number of hydrogen-bond donors (Lipinski definition) is 8. The molecule has 4 bridgehead atoms. The van der Waals surface area contributed by atoms with Crippen LogP contribution in [0, 0.1) is 17.8 Å². The predicted molar refractivity (Wildman–Crippen MR) is 322 cm³/mol. The highest BCUT2D eigenvalue weighted by Gasteiger charge is 2.64. The van der Waals surface area contributed by atoms with E-state index < -0.39 is 119 Å². The summed E-state index contributed by atoms with van der Waals surface area (Å²) in [7, 11) is 5.83. The third kappa shape index (κ3) is 18.4. The number of nitrogens with one attached hydrogen (secondary N) is 5. The zero-order valence-electron chi connectivity index (χ0n) is 51.1. The number of esters is 1. The second kappa shape index (κ2) is 31.6. The van der Waals surface area contributed by atoms with Gasteiger partial charge in [0.1, 0.15) is 46.8 Å². The summed E-state index contributed by atoms with van der Waals surface area (Å²) in [4.78, 5) is 146. The highest BCUT2D eigenvalue weighted by atomic mass is 35.5. The van der Waals surface area contributed by atoms with Crippen LogP contribution in [0.15, 0.2) is 35.9 Å². The van der Waals surface area contributed by atoms with Crippen LogP contribution in [0.1, 0.15) is 104 Å². The summed E-state index contributed by atoms with van der Waals surface area (Å²) < 4.78 is 29.5. The molecule has 1 saturated carbocycles. The molecule has 5 aliphatic rings. The average Bonchev–Trinajstić information content (AvgIpc) is 1.60. The van der Waals surface area contributed by atoms with Crippen molar-refractivity contribution in [3.05, 3.63) is 46.5 Å². The van der Waals surface area contributed by atoms with Crippen LogP contribution < -0.4 is 47.7 Å². The van der Waals surface area contributed by atoms with E-state index in [2.05, 4.69) is 26.6 Å². The number of halogens is 1. The van der Waals surface area contributed by atoms with Gasteiger partial charge in [-0.15, -0.1) is 11.8 Å². The van der Waals surface area contributed by atoms with Crippen molar-refractivity contribution < 1.29 is 81.5 Å². The standard InChI is InChI=1S/C59H85ClN10O17S/c1-32-12-11-14-43(84-8)59(82)27-41(85-57(81)67-59)33(2)52-58(4,87-52)44(26-49(75)69(6)39-23-36(22-32)24-40(83-7)51(39)60)86-56(80)34(3)68(5)48(74)19-21-88-42-25-50(76)70(55(42)79)31-35-15-17-37(18-16-35)54(78)63-20-10-9-13-38(53(62)77)66-47(73)30-65-46(72)29-64-45(71)28-61/h11-12,14,23-24,33-35,37-38,41-44,52,82H,9-10,13,15-22,25-31,61H2,1-8H3,(H2,62,77)(H,63,78)(H,64,71)(H,65,72)(H,66,73)(H,67,81)/b14-11+,32-12+/t33-,34+,35?,37?,38?,41?,42?,43-,44+,52+,58+,59+/m1/s1. The van der Waals surface area contributed by atoms with Crippen LogP contribution >= 0.6 is 23.4 Å². The molecule has 4 heterocycles. The summed E-state index contributed by atoms with van der Waals surface area (Å²) in [5.41, 5.74) is 9.37. The predicted octanol–water partition coefficient (Wildman–Crippen LogP) is 1.02. The number of likely N-dealkylation sites (tertiary alicyclic amines) is 1. The van der Waals surface area contributed by atoms with Gasteiger partial charge in [0.2, 0.25) is 53.2 Å². The van der Waals surface area contributed by atoms with Crippen LogP contribution in [0.5, 0.6) is 5.75 Å². The van der Waals surface area contributed by atoms with E-state index in [1.54, 1.807) is 38.1 Å². The fourth-order valence-corrected chi connectivity index (χ4v) is 12.8. The number of primary amides is 1. The van der Waals surface area contributed by atoms with Crippen molar-refractivity contribution >= 4 is 94.3 Å². The van der Waals surface area contributed by atoms with Gasteiger partial charge in [-0.2, -0.15) is 0 Å². The minimum Gasteiger partial charge on any atom is -0.495 e. The number of alkyl carbamates (subject to hydrolysis) is 1. The minimum absolute atomic E-state index is 0.0109. The molecule has 0 aromatic heterocycles. The third-order valence-corrected chi connectivity index (χ3v) is 18.6. The summed E-state index contributed by atoms with van der Waals surface area (Å²) in [5, 5.41) is 23.8. The summed E-state index contributed by atoms with van der Waals surface area (Å²) in [6.07, 6.45) is 3.53.